The van der Waals surface area contributed by atoms with Crippen molar-refractivity contribution in [2.45, 2.75) is 30.9 Å². The zero-order valence-corrected chi connectivity index (χ0v) is 28.5. The number of ether oxygens (including phenoxy) is 1. The molecule has 0 saturated heterocycles. The van der Waals surface area contributed by atoms with Gasteiger partial charge in [0.2, 0.25) is 5.91 Å². The van der Waals surface area contributed by atoms with Crippen molar-refractivity contribution in [1.82, 2.24) is 0 Å². The van der Waals surface area contributed by atoms with Crippen LogP contribution in [-0.2, 0) is 9.53 Å². The summed E-state index contributed by atoms with van der Waals surface area (Å²) in [5.41, 5.74) is 5.96. The first-order valence-corrected chi connectivity index (χ1v) is 17.1. The van der Waals surface area contributed by atoms with Gasteiger partial charge in [-0.1, -0.05) is 66.2 Å². The van der Waals surface area contributed by atoms with E-state index in [0.29, 0.717) is 26.8 Å². The van der Waals surface area contributed by atoms with E-state index in [0.717, 1.165) is 33.0 Å². The Morgan fingerprint density at radius 1 is 0.851 bits per heavy atom. The summed E-state index contributed by atoms with van der Waals surface area (Å²) in [5, 5.41) is 11.4. The highest BCUT2D eigenvalue weighted by Gasteiger charge is 2.27. The molecule has 0 bridgehead atoms. The zero-order valence-electron chi connectivity index (χ0n) is 26.0. The zero-order chi connectivity index (χ0) is 33.3. The number of rotatable bonds is 11. The van der Waals surface area contributed by atoms with Crippen LogP contribution in [0.2, 0.25) is 0 Å². The summed E-state index contributed by atoms with van der Waals surface area (Å²) in [6.07, 6.45) is 0. The lowest BCUT2D eigenvalue weighted by Gasteiger charge is -2.18. The Morgan fingerprint density at radius 3 is 2.23 bits per heavy atom. The second-order valence-corrected chi connectivity index (χ2v) is 13.0. The molecule has 238 valence electrons. The van der Waals surface area contributed by atoms with Gasteiger partial charge in [0.05, 0.1) is 6.61 Å². The maximum absolute atomic E-state index is 14.0. The van der Waals surface area contributed by atoms with Gasteiger partial charge in [-0.3, -0.25) is 9.59 Å². The van der Waals surface area contributed by atoms with Gasteiger partial charge in [0, 0.05) is 32.8 Å². The van der Waals surface area contributed by atoms with Gasteiger partial charge in [-0.05, 0) is 86.6 Å². The number of Topliss-reactive ketones (excluding diaryl/α,β-unsaturated/α-hetero) is 1. The van der Waals surface area contributed by atoms with Crippen LogP contribution in [-0.4, -0.2) is 29.4 Å². The number of amides is 1. The molecule has 4 aromatic carbocycles. The van der Waals surface area contributed by atoms with Crippen LogP contribution in [0.1, 0.15) is 50.9 Å². The SMILES string of the molecule is CCOC(=O)c1c(-c2ccc(C)cc2)csc1NC(=O)C(Sc1cccc(NC(=S)Nc2ccc(C(C)=O)cc2)c1)c1ccccc1. The highest BCUT2D eigenvalue weighted by molar-refractivity contribution is 8.00. The fourth-order valence-electron chi connectivity index (χ4n) is 4.74. The molecule has 0 saturated carbocycles. The van der Waals surface area contributed by atoms with Crippen LogP contribution in [0.5, 0.6) is 0 Å². The fraction of sp³-hybridized carbons (Fsp3) is 0.135. The molecule has 0 aliphatic carbocycles. The smallest absolute Gasteiger partial charge is 0.341 e. The predicted octanol–water partition coefficient (Wildman–Crippen LogP) is 9.38. The van der Waals surface area contributed by atoms with Gasteiger partial charge < -0.3 is 20.7 Å². The largest absolute Gasteiger partial charge is 0.462 e. The van der Waals surface area contributed by atoms with Gasteiger partial charge in [-0.15, -0.1) is 23.1 Å². The Hall–Kier alpha value is -4.77. The predicted molar refractivity (Wildman–Crippen MR) is 197 cm³/mol. The Balaban J connectivity index is 1.36. The highest BCUT2D eigenvalue weighted by atomic mass is 32.2. The molecule has 1 unspecified atom stereocenters. The molecule has 1 atom stereocenters. The van der Waals surface area contributed by atoms with E-state index < -0.39 is 11.2 Å². The van der Waals surface area contributed by atoms with Crippen molar-refractivity contribution < 1.29 is 19.1 Å². The van der Waals surface area contributed by atoms with Crippen LogP contribution in [0.4, 0.5) is 16.4 Å². The van der Waals surface area contributed by atoms with E-state index in [2.05, 4.69) is 16.0 Å². The standard InChI is InChI=1S/C37H33N3O4S3/c1-4-44-36(43)32-31(26-15-13-23(2)14-16-26)22-46-35(32)40-34(42)33(27-9-6-5-7-10-27)47-30-12-8-11-29(21-30)39-37(45)38-28-19-17-25(18-20-28)24(3)41/h5-22,33H,4H2,1-3H3,(H,40,42)(H2,38,39,45). The maximum atomic E-state index is 14.0. The quantitative estimate of drug-likeness (QED) is 0.0550. The molecule has 1 heterocycles. The molecule has 5 aromatic rings. The van der Waals surface area contributed by atoms with Crippen LogP contribution in [0.3, 0.4) is 0 Å². The molecule has 5 rings (SSSR count). The third-order valence-electron chi connectivity index (χ3n) is 7.11. The van der Waals surface area contributed by atoms with E-state index in [9.17, 15) is 14.4 Å². The molecule has 1 aromatic heterocycles. The number of hydrogen-bond acceptors (Lipinski definition) is 7. The van der Waals surface area contributed by atoms with E-state index in [-0.39, 0.29) is 18.3 Å². The van der Waals surface area contributed by atoms with Crippen molar-refractivity contribution in [3.05, 3.63) is 131 Å². The fourth-order valence-corrected chi connectivity index (χ4v) is 7.02. The minimum Gasteiger partial charge on any atom is -0.462 e. The number of nitrogens with one attached hydrogen (secondary N) is 3. The number of hydrogen-bond donors (Lipinski definition) is 3. The number of thiocarbonyl (C=S) groups is 1. The van der Waals surface area contributed by atoms with Crippen LogP contribution in [0.25, 0.3) is 11.1 Å². The second-order valence-electron chi connectivity index (χ2n) is 10.6. The van der Waals surface area contributed by atoms with Crippen molar-refractivity contribution in [2.24, 2.45) is 0 Å². The topological polar surface area (TPSA) is 96.5 Å². The molecule has 10 heteroatoms. The van der Waals surface area contributed by atoms with Crippen molar-refractivity contribution in [3.8, 4) is 11.1 Å². The van der Waals surface area contributed by atoms with E-state index >= 15 is 0 Å². The number of carbonyl (C=O) groups is 3. The Bertz CT molecular complexity index is 1890. The number of thioether (sulfide) groups is 1. The lowest BCUT2D eigenvalue weighted by Crippen LogP contribution is -2.20. The van der Waals surface area contributed by atoms with Crippen molar-refractivity contribution in [3.63, 3.8) is 0 Å². The van der Waals surface area contributed by atoms with Crippen molar-refractivity contribution >= 4 is 74.5 Å². The lowest BCUT2D eigenvalue weighted by molar-refractivity contribution is -0.115. The summed E-state index contributed by atoms with van der Waals surface area (Å²) >= 11 is 8.21. The van der Waals surface area contributed by atoms with E-state index in [1.54, 1.807) is 31.2 Å². The molecule has 1 amide bonds. The van der Waals surface area contributed by atoms with Crippen molar-refractivity contribution in [2.75, 3.05) is 22.6 Å². The molecule has 0 radical (unpaired) electrons. The normalized spacial score (nSPS) is 11.3. The van der Waals surface area contributed by atoms with E-state index in [1.807, 2.05) is 91.2 Å². The van der Waals surface area contributed by atoms with Crippen LogP contribution in [0.15, 0.2) is 113 Å². The van der Waals surface area contributed by atoms with Gasteiger partial charge in [0.1, 0.15) is 15.8 Å². The van der Waals surface area contributed by atoms with Crippen LogP contribution >= 0.6 is 35.3 Å². The van der Waals surface area contributed by atoms with Gasteiger partial charge in [0.15, 0.2) is 10.9 Å². The number of carbonyl (C=O) groups excluding carboxylic acids is 3. The molecule has 0 spiro atoms. The summed E-state index contributed by atoms with van der Waals surface area (Å²) in [6, 6.07) is 32.1. The number of anilines is 3. The maximum Gasteiger partial charge on any atom is 0.341 e. The molecular formula is C37H33N3O4S3. The molecule has 47 heavy (non-hydrogen) atoms. The van der Waals surface area contributed by atoms with Crippen molar-refractivity contribution in [1.29, 1.82) is 0 Å². The third-order valence-corrected chi connectivity index (χ3v) is 9.45. The molecule has 0 aliphatic heterocycles. The first-order valence-electron chi connectivity index (χ1n) is 14.9. The van der Waals surface area contributed by atoms with Gasteiger partial charge in [0.25, 0.3) is 0 Å². The molecule has 3 N–H and O–H groups in total. The summed E-state index contributed by atoms with van der Waals surface area (Å²) < 4.78 is 5.41. The first kappa shape index (κ1) is 33.6. The van der Waals surface area contributed by atoms with Gasteiger partial charge >= 0.3 is 5.97 Å². The highest BCUT2D eigenvalue weighted by Crippen LogP contribution is 2.40. The molecule has 0 aliphatic rings. The number of esters is 1. The minimum atomic E-state index is -0.628. The number of aryl methyl sites for hydroxylation is 1. The number of ketones is 1. The summed E-state index contributed by atoms with van der Waals surface area (Å²) in [7, 11) is 0. The summed E-state index contributed by atoms with van der Waals surface area (Å²) in [4.78, 5) is 39.6. The third kappa shape index (κ3) is 8.74. The Labute approximate surface area is 287 Å². The lowest BCUT2D eigenvalue weighted by atomic mass is 10.0. The van der Waals surface area contributed by atoms with E-state index in [1.165, 1.54) is 30.0 Å². The molecule has 7 nitrogen and oxygen atoms in total. The van der Waals surface area contributed by atoms with E-state index in [4.69, 9.17) is 17.0 Å². The average Bonchev–Trinajstić information content (AvgIpc) is 3.48. The Kier molecular flexibility index (Phi) is 11.2. The summed E-state index contributed by atoms with van der Waals surface area (Å²) in [5.74, 6) is -0.758. The minimum absolute atomic E-state index is 0.00381. The average molecular weight is 680 g/mol. The van der Waals surface area contributed by atoms with Crippen LogP contribution in [0, 0.1) is 6.92 Å². The van der Waals surface area contributed by atoms with Gasteiger partial charge in [-0.25, -0.2) is 4.79 Å². The molecule has 0 fully saturated rings. The monoisotopic (exact) mass is 679 g/mol. The van der Waals surface area contributed by atoms with Crippen LogP contribution < -0.4 is 16.0 Å². The first-order chi connectivity index (χ1) is 22.7. The van der Waals surface area contributed by atoms with Gasteiger partial charge in [-0.2, -0.15) is 0 Å². The summed E-state index contributed by atoms with van der Waals surface area (Å²) in [6.45, 7) is 5.50. The Morgan fingerprint density at radius 2 is 1.55 bits per heavy atom. The number of benzene rings is 4. The second kappa shape index (κ2) is 15.7. The molecular weight excluding hydrogens is 647 g/mol. The number of thiophene rings is 1.